The van der Waals surface area contributed by atoms with Crippen LogP contribution in [-0.2, 0) is 5.41 Å². The predicted octanol–water partition coefficient (Wildman–Crippen LogP) is 4.43. The molecule has 0 saturated carbocycles. The van der Waals surface area contributed by atoms with E-state index in [0.29, 0.717) is 0 Å². The monoisotopic (exact) mass is 297 g/mol. The number of piperidine rings is 1. The molecule has 1 unspecified atom stereocenters. The first-order valence-electron chi connectivity index (χ1n) is 8.46. The quantitative estimate of drug-likeness (QED) is 0.582. The summed E-state index contributed by atoms with van der Waals surface area (Å²) in [6.45, 7) is 7.76. The van der Waals surface area contributed by atoms with E-state index < -0.39 is 5.41 Å². The molecule has 1 heterocycles. The van der Waals surface area contributed by atoms with E-state index in [-0.39, 0.29) is 0 Å². The van der Waals surface area contributed by atoms with Crippen molar-refractivity contribution >= 4 is 0 Å². The van der Waals surface area contributed by atoms with Gasteiger partial charge >= 0.3 is 0 Å². The maximum Gasteiger partial charge on any atom is 0.106 e. The molecule has 0 bridgehead atoms. The molecule has 2 heteroatoms. The van der Waals surface area contributed by atoms with E-state index in [1.54, 1.807) is 0 Å². The van der Waals surface area contributed by atoms with Crippen molar-refractivity contribution in [3.8, 4) is 6.07 Å². The van der Waals surface area contributed by atoms with E-state index in [0.717, 1.165) is 23.0 Å². The van der Waals surface area contributed by atoms with Crippen molar-refractivity contribution in [3.05, 3.63) is 47.5 Å². The van der Waals surface area contributed by atoms with Crippen LogP contribution in [0.15, 0.2) is 42.0 Å². The molecule has 2 rings (SSSR count). The summed E-state index contributed by atoms with van der Waals surface area (Å²) in [5, 5.41) is 9.99. The van der Waals surface area contributed by atoms with Gasteiger partial charge in [0.05, 0.1) is 32.8 Å². The summed E-state index contributed by atoms with van der Waals surface area (Å²) in [6, 6.07) is 12.9. The van der Waals surface area contributed by atoms with Gasteiger partial charge < -0.3 is 4.48 Å². The molecule has 118 valence electrons. The first kappa shape index (κ1) is 16.8. The van der Waals surface area contributed by atoms with Gasteiger partial charge in [-0.2, -0.15) is 5.26 Å². The van der Waals surface area contributed by atoms with Crippen LogP contribution in [-0.4, -0.2) is 31.2 Å². The molecule has 1 aliphatic rings. The highest BCUT2D eigenvalue weighted by molar-refractivity contribution is 5.39. The summed E-state index contributed by atoms with van der Waals surface area (Å²) in [5.74, 6) is 0. The Morgan fingerprint density at radius 1 is 1.18 bits per heavy atom. The molecule has 1 aliphatic heterocycles. The second-order valence-corrected chi connectivity index (χ2v) is 7.27. The number of hydrogen-bond acceptors (Lipinski definition) is 1. The third-order valence-corrected chi connectivity index (χ3v) is 4.97. The van der Waals surface area contributed by atoms with Crippen LogP contribution in [0.25, 0.3) is 0 Å². The number of hydrogen-bond donors (Lipinski definition) is 0. The lowest BCUT2D eigenvalue weighted by atomic mass is 9.77. The lowest BCUT2D eigenvalue weighted by Gasteiger charge is -2.39. The lowest BCUT2D eigenvalue weighted by molar-refractivity contribution is -0.914. The molecule has 1 fully saturated rings. The number of quaternary nitrogens is 1. The average Bonchev–Trinajstić information content (AvgIpc) is 2.53. The zero-order valence-corrected chi connectivity index (χ0v) is 14.3. The van der Waals surface area contributed by atoms with Crippen LogP contribution < -0.4 is 0 Å². The molecule has 1 aromatic carbocycles. The summed E-state index contributed by atoms with van der Waals surface area (Å²) in [6.07, 6.45) is 7.07. The van der Waals surface area contributed by atoms with E-state index in [4.69, 9.17) is 0 Å². The van der Waals surface area contributed by atoms with Crippen LogP contribution in [0.5, 0.6) is 0 Å². The van der Waals surface area contributed by atoms with Gasteiger partial charge in [0.25, 0.3) is 0 Å². The minimum Gasteiger partial charge on any atom is -0.326 e. The maximum absolute atomic E-state index is 9.99. The van der Waals surface area contributed by atoms with Gasteiger partial charge in [-0.1, -0.05) is 42.0 Å². The van der Waals surface area contributed by atoms with Crippen molar-refractivity contribution in [1.29, 1.82) is 5.26 Å². The van der Waals surface area contributed by atoms with Gasteiger partial charge in [-0.25, -0.2) is 0 Å². The molecule has 0 radical (unpaired) electrons. The molecule has 2 nitrogen and oxygen atoms in total. The fourth-order valence-electron chi connectivity index (χ4n) is 3.63. The molecule has 0 amide bonds. The van der Waals surface area contributed by atoms with Crippen LogP contribution in [0.3, 0.4) is 0 Å². The minimum atomic E-state index is -0.487. The standard InChI is InChI=1S/C20H29N2/c1-18(2)16-20(17-21,19-10-6-4-7-11-19)12-15-22(3)13-8-5-9-14-22/h4,6-7,10-11,16H,5,8-9,12-15H2,1-3H3/q+1. The van der Waals surface area contributed by atoms with Crippen LogP contribution in [0.4, 0.5) is 0 Å². The first-order chi connectivity index (χ1) is 10.5. The molecule has 1 saturated heterocycles. The Balaban J connectivity index is 2.26. The third-order valence-electron chi connectivity index (χ3n) is 4.97. The van der Waals surface area contributed by atoms with Gasteiger partial charge in [-0.15, -0.1) is 0 Å². The molecule has 0 aliphatic carbocycles. The molecule has 1 atom stereocenters. The highest BCUT2D eigenvalue weighted by Crippen LogP contribution is 2.32. The molecular weight excluding hydrogens is 268 g/mol. The van der Waals surface area contributed by atoms with Crippen molar-refractivity contribution < 1.29 is 4.48 Å². The number of nitriles is 1. The molecule has 0 aromatic heterocycles. The van der Waals surface area contributed by atoms with Gasteiger partial charge in [0, 0.05) is 6.42 Å². The highest BCUT2D eigenvalue weighted by atomic mass is 15.3. The second kappa shape index (κ2) is 7.11. The van der Waals surface area contributed by atoms with E-state index >= 15 is 0 Å². The Kier molecular flexibility index (Phi) is 5.42. The highest BCUT2D eigenvalue weighted by Gasteiger charge is 2.34. The van der Waals surface area contributed by atoms with Crippen LogP contribution in [0.1, 0.15) is 45.1 Å². The maximum atomic E-state index is 9.99. The number of benzene rings is 1. The van der Waals surface area contributed by atoms with Gasteiger partial charge in [0.15, 0.2) is 0 Å². The predicted molar refractivity (Wildman–Crippen MR) is 92.4 cm³/mol. The van der Waals surface area contributed by atoms with Crippen molar-refractivity contribution in [2.45, 2.75) is 44.9 Å². The number of allylic oxidation sites excluding steroid dienone is 2. The summed E-state index contributed by atoms with van der Waals surface area (Å²) in [4.78, 5) is 0. The third kappa shape index (κ3) is 3.99. The Morgan fingerprint density at radius 2 is 1.82 bits per heavy atom. The first-order valence-corrected chi connectivity index (χ1v) is 8.46. The average molecular weight is 297 g/mol. The summed E-state index contributed by atoms with van der Waals surface area (Å²) < 4.78 is 1.12. The van der Waals surface area contributed by atoms with Crippen LogP contribution in [0, 0.1) is 11.3 Å². The summed E-state index contributed by atoms with van der Waals surface area (Å²) >= 11 is 0. The summed E-state index contributed by atoms with van der Waals surface area (Å²) in [7, 11) is 2.36. The van der Waals surface area contributed by atoms with E-state index in [9.17, 15) is 5.26 Å². The molecule has 22 heavy (non-hydrogen) atoms. The van der Waals surface area contributed by atoms with Gasteiger partial charge in [0.1, 0.15) is 5.41 Å². The van der Waals surface area contributed by atoms with Crippen LogP contribution in [0.2, 0.25) is 0 Å². The summed E-state index contributed by atoms with van der Waals surface area (Å²) in [5.41, 5.74) is 1.85. The van der Waals surface area contributed by atoms with Crippen molar-refractivity contribution in [1.82, 2.24) is 0 Å². The van der Waals surface area contributed by atoms with Gasteiger partial charge in [-0.05, 0) is 38.7 Å². The minimum absolute atomic E-state index is 0.487. The Morgan fingerprint density at radius 3 is 2.36 bits per heavy atom. The smallest absolute Gasteiger partial charge is 0.106 e. The Bertz CT molecular complexity index is 543. The van der Waals surface area contributed by atoms with Crippen molar-refractivity contribution in [2.75, 3.05) is 26.7 Å². The fraction of sp³-hybridized carbons (Fsp3) is 0.550. The molecule has 1 aromatic rings. The Hall–Kier alpha value is -1.59. The Labute approximate surface area is 135 Å². The largest absolute Gasteiger partial charge is 0.326 e. The number of nitrogens with zero attached hydrogens (tertiary/aromatic N) is 2. The van der Waals surface area contributed by atoms with E-state index in [1.165, 1.54) is 37.9 Å². The van der Waals surface area contributed by atoms with Crippen molar-refractivity contribution in [3.63, 3.8) is 0 Å². The second-order valence-electron chi connectivity index (χ2n) is 7.27. The topological polar surface area (TPSA) is 23.8 Å². The SMILES string of the molecule is CC(C)=CC(C#N)(CC[N+]1(C)CCCCC1)c1ccccc1. The van der Waals surface area contributed by atoms with Crippen LogP contribution >= 0.6 is 0 Å². The fourth-order valence-corrected chi connectivity index (χ4v) is 3.63. The van der Waals surface area contributed by atoms with E-state index in [2.05, 4.69) is 45.2 Å². The van der Waals surface area contributed by atoms with Crippen molar-refractivity contribution in [2.24, 2.45) is 0 Å². The zero-order valence-electron chi connectivity index (χ0n) is 14.3. The molecule has 0 N–H and O–H groups in total. The van der Waals surface area contributed by atoms with Gasteiger partial charge in [0.2, 0.25) is 0 Å². The number of likely N-dealkylation sites (tertiary alicyclic amines) is 1. The lowest BCUT2D eigenvalue weighted by Crippen LogP contribution is -2.50. The van der Waals surface area contributed by atoms with E-state index in [1.807, 2.05) is 18.2 Å². The number of rotatable bonds is 5. The normalized spacial score (nSPS) is 19.7. The molecular formula is C20H29N2+. The molecule has 0 spiro atoms. The zero-order chi connectivity index (χ0) is 16.1. The van der Waals surface area contributed by atoms with Gasteiger partial charge in [-0.3, -0.25) is 0 Å².